The van der Waals surface area contributed by atoms with Crippen LogP contribution in [-0.2, 0) is 17.8 Å². The summed E-state index contributed by atoms with van der Waals surface area (Å²) < 4.78 is 1.91. The second-order valence-corrected chi connectivity index (χ2v) is 7.57. The maximum absolute atomic E-state index is 12.2. The molecular formula is C19H27ClN4O. The number of halogens is 1. The topological polar surface area (TPSA) is 50.2 Å². The number of carbonyl (C=O) groups excluding carboxylic acids is 1. The molecule has 0 saturated heterocycles. The molecule has 0 bridgehead atoms. The molecule has 1 aromatic heterocycles. The highest BCUT2D eigenvalue weighted by Crippen LogP contribution is 2.30. The van der Waals surface area contributed by atoms with Crippen LogP contribution in [0.1, 0.15) is 32.8 Å². The number of hydrogen-bond donors (Lipinski definition) is 1. The first kappa shape index (κ1) is 19.3. The molecule has 0 saturated carbocycles. The van der Waals surface area contributed by atoms with Crippen LogP contribution >= 0.6 is 12.4 Å². The highest BCUT2D eigenvalue weighted by Gasteiger charge is 2.17. The third kappa shape index (κ3) is 4.54. The van der Waals surface area contributed by atoms with Crippen LogP contribution in [0.15, 0.2) is 30.7 Å². The Morgan fingerprint density at radius 1 is 1.32 bits per heavy atom. The minimum absolute atomic E-state index is 0. The summed E-state index contributed by atoms with van der Waals surface area (Å²) in [4.78, 5) is 18.8. The van der Waals surface area contributed by atoms with Crippen molar-refractivity contribution in [2.24, 2.45) is 0 Å². The highest BCUT2D eigenvalue weighted by atomic mass is 35.5. The number of nitrogens with zero attached hydrogens (tertiary/aromatic N) is 3. The van der Waals surface area contributed by atoms with Crippen LogP contribution in [0.4, 0.5) is 5.69 Å². The van der Waals surface area contributed by atoms with Gasteiger partial charge >= 0.3 is 0 Å². The van der Waals surface area contributed by atoms with E-state index in [4.69, 9.17) is 0 Å². The molecule has 0 atom stereocenters. The Balaban J connectivity index is 0.00000225. The zero-order valence-electron chi connectivity index (χ0n) is 15.4. The lowest BCUT2D eigenvalue weighted by atomic mass is 9.98. The molecular weight excluding hydrogens is 336 g/mol. The van der Waals surface area contributed by atoms with Crippen molar-refractivity contribution in [2.75, 3.05) is 18.5 Å². The van der Waals surface area contributed by atoms with Crippen LogP contribution in [-0.4, -0.2) is 34.6 Å². The van der Waals surface area contributed by atoms with Gasteiger partial charge < -0.3 is 14.8 Å². The fourth-order valence-corrected chi connectivity index (χ4v) is 3.24. The Bertz CT molecular complexity index is 748. The van der Waals surface area contributed by atoms with E-state index < -0.39 is 0 Å². The standard InChI is InChI=1S/C19H26N4O.ClH/c1-19(2,3)21-18(24)12-23-13-20-11-17(23)15-7-8-16-14(10-15)6-5-9-22(16)4;/h7-8,10-11,13H,5-6,9,12H2,1-4H3,(H,21,24);1H. The summed E-state index contributed by atoms with van der Waals surface area (Å²) in [7, 11) is 2.14. The van der Waals surface area contributed by atoms with E-state index in [9.17, 15) is 4.79 Å². The molecule has 3 rings (SSSR count). The van der Waals surface area contributed by atoms with Crippen LogP contribution in [0, 0.1) is 0 Å². The molecule has 5 nitrogen and oxygen atoms in total. The molecule has 1 N–H and O–H groups in total. The average Bonchev–Trinajstić information content (AvgIpc) is 2.93. The maximum Gasteiger partial charge on any atom is 0.240 e. The number of carbonyl (C=O) groups is 1. The third-order valence-corrected chi connectivity index (χ3v) is 4.27. The molecule has 1 aliphatic heterocycles. The van der Waals surface area contributed by atoms with Gasteiger partial charge in [-0.1, -0.05) is 6.07 Å². The molecule has 136 valence electrons. The summed E-state index contributed by atoms with van der Waals surface area (Å²) in [5, 5.41) is 3.00. The zero-order valence-corrected chi connectivity index (χ0v) is 16.2. The van der Waals surface area contributed by atoms with Crippen LogP contribution in [0.5, 0.6) is 0 Å². The Kier molecular flexibility index (Phi) is 5.78. The summed E-state index contributed by atoms with van der Waals surface area (Å²) in [6.07, 6.45) is 5.84. The van der Waals surface area contributed by atoms with Gasteiger partial charge in [0.05, 0.1) is 18.2 Å². The molecule has 2 heterocycles. The molecule has 25 heavy (non-hydrogen) atoms. The Morgan fingerprint density at radius 2 is 2.08 bits per heavy atom. The minimum atomic E-state index is -0.228. The Labute approximate surface area is 155 Å². The lowest BCUT2D eigenvalue weighted by Gasteiger charge is -2.28. The lowest BCUT2D eigenvalue weighted by Crippen LogP contribution is -2.42. The van der Waals surface area contributed by atoms with Crippen molar-refractivity contribution < 1.29 is 4.79 Å². The number of anilines is 1. The fraction of sp³-hybridized carbons (Fsp3) is 0.474. The van der Waals surface area contributed by atoms with Crippen molar-refractivity contribution in [1.29, 1.82) is 0 Å². The number of rotatable bonds is 3. The van der Waals surface area contributed by atoms with E-state index in [1.54, 1.807) is 6.33 Å². The molecule has 0 spiro atoms. The minimum Gasteiger partial charge on any atom is -0.374 e. The SMILES string of the molecule is CN1CCCc2cc(-c3cncn3CC(=O)NC(C)(C)C)ccc21.Cl. The van der Waals surface area contributed by atoms with Crippen molar-refractivity contribution in [3.05, 3.63) is 36.3 Å². The maximum atomic E-state index is 12.2. The number of aryl methyl sites for hydroxylation is 1. The zero-order chi connectivity index (χ0) is 17.3. The number of amides is 1. The second-order valence-electron chi connectivity index (χ2n) is 7.57. The first-order valence-corrected chi connectivity index (χ1v) is 8.49. The average molecular weight is 363 g/mol. The normalized spacial score (nSPS) is 13.8. The number of benzene rings is 1. The van der Waals surface area contributed by atoms with Gasteiger partial charge in [-0.2, -0.15) is 0 Å². The van der Waals surface area contributed by atoms with E-state index in [-0.39, 0.29) is 30.4 Å². The van der Waals surface area contributed by atoms with E-state index in [0.717, 1.165) is 24.2 Å². The number of nitrogens with one attached hydrogen (secondary N) is 1. The predicted molar refractivity (Wildman–Crippen MR) is 104 cm³/mol. The summed E-state index contributed by atoms with van der Waals surface area (Å²) in [6.45, 7) is 7.35. The molecule has 0 unspecified atom stereocenters. The number of hydrogen-bond acceptors (Lipinski definition) is 3. The third-order valence-electron chi connectivity index (χ3n) is 4.27. The van der Waals surface area contributed by atoms with E-state index in [0.29, 0.717) is 0 Å². The Morgan fingerprint density at radius 3 is 2.80 bits per heavy atom. The number of imidazole rings is 1. The van der Waals surface area contributed by atoms with Gasteiger partial charge in [0.2, 0.25) is 5.91 Å². The molecule has 0 radical (unpaired) electrons. The predicted octanol–water partition coefficient (Wildman–Crippen LogP) is 3.27. The second kappa shape index (κ2) is 7.48. The van der Waals surface area contributed by atoms with Gasteiger partial charge in [-0.3, -0.25) is 4.79 Å². The molecule has 1 amide bonds. The summed E-state index contributed by atoms with van der Waals surface area (Å²) >= 11 is 0. The van der Waals surface area contributed by atoms with E-state index in [1.165, 1.54) is 17.7 Å². The quantitative estimate of drug-likeness (QED) is 0.911. The lowest BCUT2D eigenvalue weighted by molar-refractivity contribution is -0.123. The van der Waals surface area contributed by atoms with Crippen LogP contribution in [0.25, 0.3) is 11.3 Å². The van der Waals surface area contributed by atoms with Crippen molar-refractivity contribution in [2.45, 2.75) is 45.7 Å². The van der Waals surface area contributed by atoms with E-state index in [1.807, 2.05) is 31.5 Å². The Hall–Kier alpha value is -2.01. The first-order valence-electron chi connectivity index (χ1n) is 8.49. The molecule has 1 aliphatic rings. The van der Waals surface area contributed by atoms with Crippen molar-refractivity contribution in [3.63, 3.8) is 0 Å². The van der Waals surface area contributed by atoms with E-state index in [2.05, 4.69) is 40.4 Å². The van der Waals surface area contributed by atoms with Gasteiger partial charge in [0, 0.05) is 30.4 Å². The fourth-order valence-electron chi connectivity index (χ4n) is 3.24. The summed E-state index contributed by atoms with van der Waals surface area (Å²) in [5.74, 6) is -0.000515. The number of aromatic nitrogens is 2. The van der Waals surface area contributed by atoms with E-state index >= 15 is 0 Å². The summed E-state index contributed by atoms with van der Waals surface area (Å²) in [6, 6.07) is 6.53. The van der Waals surface area contributed by atoms with Gasteiger partial charge in [-0.15, -0.1) is 12.4 Å². The van der Waals surface area contributed by atoms with Gasteiger partial charge in [0.15, 0.2) is 0 Å². The first-order chi connectivity index (χ1) is 11.3. The smallest absolute Gasteiger partial charge is 0.240 e. The van der Waals surface area contributed by atoms with Gasteiger partial charge in [0.1, 0.15) is 6.54 Å². The number of fused-ring (bicyclic) bond motifs is 1. The van der Waals surface area contributed by atoms with Crippen LogP contribution in [0.3, 0.4) is 0 Å². The van der Waals surface area contributed by atoms with Crippen LogP contribution in [0.2, 0.25) is 0 Å². The molecule has 2 aromatic rings. The van der Waals surface area contributed by atoms with Gasteiger partial charge in [-0.25, -0.2) is 4.98 Å². The molecule has 0 fully saturated rings. The van der Waals surface area contributed by atoms with Crippen molar-refractivity contribution >= 4 is 24.0 Å². The monoisotopic (exact) mass is 362 g/mol. The van der Waals surface area contributed by atoms with Crippen LogP contribution < -0.4 is 10.2 Å². The molecule has 0 aliphatic carbocycles. The van der Waals surface area contributed by atoms with Gasteiger partial charge in [0.25, 0.3) is 0 Å². The largest absolute Gasteiger partial charge is 0.374 e. The van der Waals surface area contributed by atoms with Crippen molar-refractivity contribution in [3.8, 4) is 11.3 Å². The van der Waals surface area contributed by atoms with Crippen molar-refractivity contribution in [1.82, 2.24) is 14.9 Å². The van der Waals surface area contributed by atoms with Gasteiger partial charge in [-0.05, 0) is 51.3 Å². The summed E-state index contributed by atoms with van der Waals surface area (Å²) in [5.41, 5.74) is 4.55. The molecule has 6 heteroatoms. The highest BCUT2D eigenvalue weighted by molar-refractivity contribution is 5.85. The molecule has 1 aromatic carbocycles.